The van der Waals surface area contributed by atoms with E-state index in [-0.39, 0.29) is 12.3 Å². The standard InChI is InChI=1S/C10H20N2O3/c1-7(2)4-3-5-12-9(13)6-8(11)10(14)15/h7-8H,3-6,11H2,1-2H3,(H,12,13)(H,14,15)/t8-/m0/s1. The van der Waals surface area contributed by atoms with E-state index < -0.39 is 12.0 Å². The fourth-order valence-corrected chi connectivity index (χ4v) is 1.10. The zero-order valence-corrected chi connectivity index (χ0v) is 9.32. The van der Waals surface area contributed by atoms with Gasteiger partial charge in [-0.3, -0.25) is 9.59 Å². The number of carbonyl (C=O) groups excluding carboxylic acids is 1. The summed E-state index contributed by atoms with van der Waals surface area (Å²) in [6, 6.07) is -1.10. The van der Waals surface area contributed by atoms with Crippen LogP contribution in [-0.2, 0) is 9.59 Å². The Labute approximate surface area is 90.0 Å². The van der Waals surface area contributed by atoms with Crippen LogP contribution in [0, 0.1) is 5.92 Å². The molecule has 1 amide bonds. The molecule has 15 heavy (non-hydrogen) atoms. The van der Waals surface area contributed by atoms with Crippen molar-refractivity contribution in [3.05, 3.63) is 0 Å². The Morgan fingerprint density at radius 3 is 2.47 bits per heavy atom. The first-order chi connectivity index (χ1) is 6.93. The highest BCUT2D eigenvalue weighted by Crippen LogP contribution is 2.01. The topological polar surface area (TPSA) is 92.4 Å². The summed E-state index contributed by atoms with van der Waals surface area (Å²) in [4.78, 5) is 21.5. The molecule has 0 aromatic rings. The van der Waals surface area contributed by atoms with Crippen LogP contribution in [0.4, 0.5) is 0 Å². The third-order valence-electron chi connectivity index (χ3n) is 2.00. The van der Waals surface area contributed by atoms with E-state index in [4.69, 9.17) is 10.8 Å². The second-order valence-electron chi connectivity index (χ2n) is 4.03. The second-order valence-corrected chi connectivity index (χ2v) is 4.03. The van der Waals surface area contributed by atoms with Crippen LogP contribution >= 0.6 is 0 Å². The number of aliphatic carboxylic acids is 1. The summed E-state index contributed by atoms with van der Waals surface area (Å²) in [5.41, 5.74) is 5.21. The highest BCUT2D eigenvalue weighted by atomic mass is 16.4. The van der Waals surface area contributed by atoms with Gasteiger partial charge in [0, 0.05) is 6.54 Å². The van der Waals surface area contributed by atoms with Gasteiger partial charge >= 0.3 is 5.97 Å². The van der Waals surface area contributed by atoms with Crippen molar-refractivity contribution in [1.82, 2.24) is 5.32 Å². The lowest BCUT2D eigenvalue weighted by molar-refractivity contribution is -0.140. The van der Waals surface area contributed by atoms with Gasteiger partial charge < -0.3 is 16.2 Å². The van der Waals surface area contributed by atoms with E-state index in [1.807, 2.05) is 0 Å². The normalized spacial score (nSPS) is 12.5. The van der Waals surface area contributed by atoms with Crippen molar-refractivity contribution >= 4 is 11.9 Å². The average Bonchev–Trinajstić information content (AvgIpc) is 2.12. The minimum Gasteiger partial charge on any atom is -0.480 e. The van der Waals surface area contributed by atoms with Crippen molar-refractivity contribution in [1.29, 1.82) is 0 Å². The van der Waals surface area contributed by atoms with Crippen LogP contribution in [0.2, 0.25) is 0 Å². The number of carboxylic acids is 1. The summed E-state index contributed by atoms with van der Waals surface area (Å²) in [7, 11) is 0. The molecule has 0 rings (SSSR count). The third kappa shape index (κ3) is 7.93. The predicted molar refractivity (Wildman–Crippen MR) is 57.3 cm³/mol. The van der Waals surface area contributed by atoms with E-state index in [2.05, 4.69) is 19.2 Å². The molecule has 0 heterocycles. The molecule has 4 N–H and O–H groups in total. The summed E-state index contributed by atoms with van der Waals surface area (Å²) in [5, 5.41) is 11.1. The van der Waals surface area contributed by atoms with Crippen LogP contribution in [0.15, 0.2) is 0 Å². The number of hydrogen-bond acceptors (Lipinski definition) is 3. The Morgan fingerprint density at radius 1 is 1.40 bits per heavy atom. The van der Waals surface area contributed by atoms with Crippen LogP contribution in [0.3, 0.4) is 0 Å². The number of carboxylic acid groups (broad SMARTS) is 1. The van der Waals surface area contributed by atoms with Gasteiger partial charge in [0.05, 0.1) is 6.42 Å². The number of hydrogen-bond donors (Lipinski definition) is 3. The largest absolute Gasteiger partial charge is 0.480 e. The molecule has 0 aliphatic carbocycles. The van der Waals surface area contributed by atoms with Crippen molar-refractivity contribution in [2.75, 3.05) is 6.54 Å². The van der Waals surface area contributed by atoms with Crippen molar-refractivity contribution in [2.45, 2.75) is 39.2 Å². The smallest absolute Gasteiger partial charge is 0.321 e. The third-order valence-corrected chi connectivity index (χ3v) is 2.00. The van der Waals surface area contributed by atoms with Crippen molar-refractivity contribution < 1.29 is 14.7 Å². The average molecular weight is 216 g/mol. The van der Waals surface area contributed by atoms with E-state index in [0.29, 0.717) is 12.5 Å². The highest BCUT2D eigenvalue weighted by Gasteiger charge is 2.15. The van der Waals surface area contributed by atoms with Gasteiger partial charge in [-0.05, 0) is 18.8 Å². The van der Waals surface area contributed by atoms with Crippen molar-refractivity contribution in [3.8, 4) is 0 Å². The molecule has 0 spiro atoms. The molecule has 0 bridgehead atoms. The number of rotatable bonds is 7. The quantitative estimate of drug-likeness (QED) is 0.535. The molecule has 0 saturated carbocycles. The molecular formula is C10H20N2O3. The molecule has 0 aliphatic heterocycles. The summed E-state index contributed by atoms with van der Waals surface area (Å²) in [6.07, 6.45) is 1.80. The molecule has 0 aromatic carbocycles. The number of carbonyl (C=O) groups is 2. The minimum atomic E-state index is -1.15. The van der Waals surface area contributed by atoms with Gasteiger partial charge in [-0.2, -0.15) is 0 Å². The van der Waals surface area contributed by atoms with Crippen LogP contribution in [0.1, 0.15) is 33.1 Å². The van der Waals surface area contributed by atoms with Gasteiger partial charge in [0.25, 0.3) is 0 Å². The lowest BCUT2D eigenvalue weighted by Crippen LogP contribution is -2.37. The van der Waals surface area contributed by atoms with E-state index in [0.717, 1.165) is 12.8 Å². The Kier molecular flexibility index (Phi) is 6.70. The van der Waals surface area contributed by atoms with E-state index in [1.54, 1.807) is 0 Å². The van der Waals surface area contributed by atoms with Gasteiger partial charge in [0.1, 0.15) is 6.04 Å². The molecule has 5 heteroatoms. The molecule has 0 aliphatic rings. The summed E-state index contributed by atoms with van der Waals surface area (Å²) in [5.74, 6) is -0.829. The van der Waals surface area contributed by atoms with Crippen molar-refractivity contribution in [2.24, 2.45) is 11.7 Å². The Balaban J connectivity index is 3.54. The minimum absolute atomic E-state index is 0.156. The van der Waals surface area contributed by atoms with E-state index in [1.165, 1.54) is 0 Å². The molecular weight excluding hydrogens is 196 g/mol. The molecule has 0 radical (unpaired) electrons. The molecule has 0 unspecified atom stereocenters. The van der Waals surface area contributed by atoms with E-state index in [9.17, 15) is 9.59 Å². The van der Waals surface area contributed by atoms with Crippen LogP contribution in [-0.4, -0.2) is 29.6 Å². The molecule has 0 fully saturated rings. The summed E-state index contributed by atoms with van der Waals surface area (Å²) in [6.45, 7) is 4.81. The number of amides is 1. The van der Waals surface area contributed by atoms with E-state index >= 15 is 0 Å². The van der Waals surface area contributed by atoms with Gasteiger partial charge in [0.2, 0.25) is 5.91 Å². The number of nitrogens with one attached hydrogen (secondary N) is 1. The lowest BCUT2D eigenvalue weighted by atomic mass is 10.1. The predicted octanol–water partition coefficient (Wildman–Crippen LogP) is 0.341. The first kappa shape index (κ1) is 13.9. The molecule has 0 saturated heterocycles. The Bertz CT molecular complexity index is 217. The fourth-order valence-electron chi connectivity index (χ4n) is 1.10. The molecule has 5 nitrogen and oxygen atoms in total. The Hall–Kier alpha value is -1.10. The summed E-state index contributed by atoms with van der Waals surface area (Å²) < 4.78 is 0. The highest BCUT2D eigenvalue weighted by molar-refractivity contribution is 5.84. The molecule has 88 valence electrons. The fraction of sp³-hybridized carbons (Fsp3) is 0.800. The van der Waals surface area contributed by atoms with Gasteiger partial charge in [-0.1, -0.05) is 13.8 Å². The molecule has 0 aromatic heterocycles. The zero-order chi connectivity index (χ0) is 11.8. The number of nitrogens with two attached hydrogens (primary N) is 1. The van der Waals surface area contributed by atoms with Crippen LogP contribution in [0.5, 0.6) is 0 Å². The van der Waals surface area contributed by atoms with Gasteiger partial charge in [-0.25, -0.2) is 0 Å². The lowest BCUT2D eigenvalue weighted by Gasteiger charge is -2.08. The first-order valence-corrected chi connectivity index (χ1v) is 5.18. The van der Waals surface area contributed by atoms with Crippen molar-refractivity contribution in [3.63, 3.8) is 0 Å². The summed E-state index contributed by atoms with van der Waals surface area (Å²) >= 11 is 0. The molecule has 1 atom stereocenters. The van der Waals surface area contributed by atoms with Gasteiger partial charge in [0.15, 0.2) is 0 Å². The van der Waals surface area contributed by atoms with Crippen LogP contribution < -0.4 is 11.1 Å². The maximum absolute atomic E-state index is 11.1. The van der Waals surface area contributed by atoms with Gasteiger partial charge in [-0.15, -0.1) is 0 Å². The second kappa shape index (κ2) is 7.23. The zero-order valence-electron chi connectivity index (χ0n) is 9.32. The monoisotopic (exact) mass is 216 g/mol. The maximum atomic E-state index is 11.1. The maximum Gasteiger partial charge on any atom is 0.321 e. The van der Waals surface area contributed by atoms with Crippen LogP contribution in [0.25, 0.3) is 0 Å². The Morgan fingerprint density at radius 2 is 2.00 bits per heavy atom. The first-order valence-electron chi connectivity index (χ1n) is 5.18. The SMILES string of the molecule is CC(C)CCCNC(=O)C[C@H](N)C(=O)O.